The minimum atomic E-state index is -5.53. The number of carbonyl (C=O) groups is 2. The van der Waals surface area contributed by atoms with Gasteiger partial charge in [0.05, 0.1) is 57.9 Å². The van der Waals surface area contributed by atoms with E-state index in [2.05, 4.69) is 24.5 Å². The number of nitrogens with one attached hydrogen (secondary N) is 2. The van der Waals surface area contributed by atoms with E-state index in [1.807, 2.05) is 0 Å². The van der Waals surface area contributed by atoms with E-state index in [0.717, 1.165) is 71.1 Å². The highest BCUT2D eigenvalue weighted by Gasteiger charge is 2.65. The number of amides is 2. The Balaban J connectivity index is 1.10. The predicted molar refractivity (Wildman–Crippen MR) is 374 cm³/mol. The Labute approximate surface area is 632 Å². The molecule has 632 valence electrons. The van der Waals surface area contributed by atoms with Crippen LogP contribution >= 0.6 is 0 Å². The molecule has 2 bridgehead atoms. The third kappa shape index (κ3) is 25.8. The van der Waals surface area contributed by atoms with E-state index in [-0.39, 0.29) is 12.5 Å². The van der Waals surface area contributed by atoms with Crippen LogP contribution in [0, 0.1) is 5.92 Å². The van der Waals surface area contributed by atoms with Crippen LogP contribution in [0.15, 0.2) is 0 Å². The SMILES string of the molecule is CCCCCCCCCCCCCCC(CCCCCCCCCCCCCC)CO[C@@H]1O[C@H](CO)[C@@H](O[C@@H]2O[C@H](CO)[C@H](O)[C@H](O[C@@H]3O[C@H](COS(=O)(=O)O)[C@@H](O[C@@H]4O[C@H](CO)[C@H](O)[C@H](O[C@@]56C[C@H](O)[C@@H](NC5=O)[C@H]([C@H](O)[C@H](O)CO)O6)[C@H]4O)[C@H](O[C@@H]4O[C@@H](C)[C@@H](O)[C@@H](O)[C@@H]4O)[C@H]3NC(C)=O)[C@H]2O)[C@H](O)[C@H]1O. The first-order valence-electron chi connectivity index (χ1n) is 39.2. The van der Waals surface area contributed by atoms with Crippen LogP contribution in [0.1, 0.15) is 201 Å². The molecule has 19 N–H and O–H groups in total. The maximum atomic E-state index is 13.7. The fourth-order valence-electron chi connectivity index (χ4n) is 15.4. The maximum Gasteiger partial charge on any atom is 0.397 e. The summed E-state index contributed by atoms with van der Waals surface area (Å²) in [4.78, 5) is 27.3. The van der Waals surface area contributed by atoms with Crippen molar-refractivity contribution in [3.63, 3.8) is 0 Å². The number of hydrogen-bond acceptors (Lipinski definition) is 33. The Hall–Kier alpha value is -2.31. The fraction of sp³-hybridized carbons (Fsp3) is 0.972. The van der Waals surface area contributed by atoms with E-state index >= 15 is 0 Å². The van der Waals surface area contributed by atoms with Gasteiger partial charge in [-0.1, -0.05) is 168 Å². The van der Waals surface area contributed by atoms with Crippen LogP contribution in [0.3, 0.4) is 0 Å². The fourth-order valence-corrected chi connectivity index (χ4v) is 15.7. The summed E-state index contributed by atoms with van der Waals surface area (Å²) in [5.41, 5.74) is 0. The molecule has 0 radical (unpaired) electrons. The molecule has 31 atom stereocenters. The highest BCUT2D eigenvalue weighted by molar-refractivity contribution is 7.80. The molecule has 0 aliphatic carbocycles. The molecule has 37 heteroatoms. The van der Waals surface area contributed by atoms with Crippen molar-refractivity contribution < 1.29 is 165 Å². The minimum absolute atomic E-state index is 0.0636. The monoisotopic (exact) mass is 1580 g/mol. The minimum Gasteiger partial charge on any atom is -0.394 e. The molecule has 0 aromatic rings. The first kappa shape index (κ1) is 92.9. The average molecular weight is 1590 g/mol. The first-order chi connectivity index (χ1) is 51.6. The summed E-state index contributed by atoms with van der Waals surface area (Å²) in [6.45, 7) is 1.24. The standard InChI is InChI=1S/C71H128N2O34S/c1-5-7-9-11-13-15-17-19-21-23-25-27-29-40(30-28-26-24-22-20-18-16-14-12-10-8-6-2)36-95-66-56(88)54(86)59(45(35-77)100-66)102-68-57(89)63(51(83)43(33-75)98-68)105-65-48(72-39(4)78)62(104-67-55(87)53(85)49(81)38(3)97-67)60(46(101-65)37-96-108(92,93)94)103-69-58(90)64(52(84)44(34-76)99-69)107-71-31-41(79)47(73-70(71)91)61(106-71)50(82)42(80)32-74/h38,40-69,74-77,79-90H,5-37H2,1-4H3,(H,72,78)(H,73,91)(H,92,93,94)/t38-,41-,42+,43+,44+,45+,46+,47+,48+,49+,50+,51-,52-,53+,54+,55-,56+,57+,58+,59+,60+,61+,62+,63-,64-,65-,66+,67-,68-,69-,71-/m0/s1. The molecule has 0 spiro atoms. The van der Waals surface area contributed by atoms with Gasteiger partial charge in [0.1, 0.15) is 134 Å². The largest absolute Gasteiger partial charge is 0.397 e. The van der Waals surface area contributed by atoms with Crippen molar-refractivity contribution >= 4 is 22.2 Å². The molecule has 0 saturated carbocycles. The van der Waals surface area contributed by atoms with Gasteiger partial charge in [-0.05, 0) is 25.7 Å². The van der Waals surface area contributed by atoms with Crippen LogP contribution in [-0.4, -0.2) is 336 Å². The Morgan fingerprint density at radius 3 is 1.47 bits per heavy atom. The van der Waals surface area contributed by atoms with E-state index < -0.39 is 251 Å². The molecule has 8 saturated heterocycles. The van der Waals surface area contributed by atoms with Crippen molar-refractivity contribution in [1.29, 1.82) is 0 Å². The number of aliphatic hydroxyl groups is 16. The zero-order valence-corrected chi connectivity index (χ0v) is 63.5. The van der Waals surface area contributed by atoms with E-state index in [1.54, 1.807) is 0 Å². The van der Waals surface area contributed by atoms with Gasteiger partial charge < -0.3 is 149 Å². The molecule has 0 unspecified atom stereocenters. The number of ether oxygens (including phenoxy) is 12. The molecule has 0 aromatic heterocycles. The summed E-state index contributed by atoms with van der Waals surface area (Å²) < 4.78 is 113. The Bertz CT molecular complexity index is 2640. The number of carbonyl (C=O) groups excluding carboxylic acids is 2. The summed E-state index contributed by atoms with van der Waals surface area (Å²) in [6.07, 6.45) is -26.5. The summed E-state index contributed by atoms with van der Waals surface area (Å²) in [5.74, 6) is -4.83. The lowest BCUT2D eigenvalue weighted by Gasteiger charge is -2.55. The van der Waals surface area contributed by atoms with E-state index in [4.69, 9.17) is 61.0 Å². The number of unbranched alkanes of at least 4 members (excludes halogenated alkanes) is 22. The van der Waals surface area contributed by atoms with Gasteiger partial charge in [0.15, 0.2) is 31.5 Å². The van der Waals surface area contributed by atoms with Gasteiger partial charge in [-0.3, -0.25) is 14.1 Å². The Morgan fingerprint density at radius 1 is 0.528 bits per heavy atom. The average Bonchev–Trinajstić information content (AvgIpc) is 0.727. The second-order valence-electron chi connectivity index (χ2n) is 30.2. The van der Waals surface area contributed by atoms with Crippen LogP contribution in [0.5, 0.6) is 0 Å². The first-order valence-corrected chi connectivity index (χ1v) is 40.6. The zero-order chi connectivity index (χ0) is 79.0. The molecule has 0 aromatic carbocycles. The van der Waals surface area contributed by atoms with Gasteiger partial charge in [0.2, 0.25) is 5.91 Å². The third-order valence-corrected chi connectivity index (χ3v) is 22.2. The zero-order valence-electron chi connectivity index (χ0n) is 62.7. The van der Waals surface area contributed by atoms with Gasteiger partial charge in [-0.2, -0.15) is 8.42 Å². The van der Waals surface area contributed by atoms with Crippen molar-refractivity contribution in [2.24, 2.45) is 5.92 Å². The summed E-state index contributed by atoms with van der Waals surface area (Å²) >= 11 is 0. The number of aliphatic hydroxyl groups excluding tert-OH is 16. The lowest BCUT2D eigenvalue weighted by molar-refractivity contribution is -0.400. The van der Waals surface area contributed by atoms with Crippen LogP contribution in [0.25, 0.3) is 0 Å². The van der Waals surface area contributed by atoms with Crippen molar-refractivity contribution in [3.8, 4) is 0 Å². The molecule has 2 amide bonds. The number of morpholine rings is 1. The normalized spacial score (nSPS) is 38.7. The molecule has 8 rings (SSSR count). The molecule has 8 aliphatic rings. The van der Waals surface area contributed by atoms with Crippen molar-refractivity contribution in [2.45, 2.75) is 391 Å². The quantitative estimate of drug-likeness (QED) is 0.0231. The van der Waals surface area contributed by atoms with Gasteiger partial charge in [-0.15, -0.1) is 0 Å². The molecule has 36 nitrogen and oxygen atoms in total. The summed E-state index contributed by atoms with van der Waals surface area (Å²) in [5, 5.41) is 184. The van der Waals surface area contributed by atoms with Crippen LogP contribution in [0.4, 0.5) is 0 Å². The van der Waals surface area contributed by atoms with Gasteiger partial charge in [0, 0.05) is 13.3 Å². The summed E-state index contributed by atoms with van der Waals surface area (Å²) in [6, 6.07) is -3.45. The van der Waals surface area contributed by atoms with E-state index in [9.17, 15) is 104 Å². The smallest absolute Gasteiger partial charge is 0.394 e. The number of fused-ring (bicyclic) bond motifs is 3. The van der Waals surface area contributed by atoms with E-state index in [1.165, 1.54) is 110 Å². The molecule has 8 fully saturated rings. The van der Waals surface area contributed by atoms with Crippen LogP contribution in [-0.2, 0) is 81.0 Å². The maximum absolute atomic E-state index is 13.7. The Morgan fingerprint density at radius 2 is 0.972 bits per heavy atom. The highest BCUT2D eigenvalue weighted by Crippen LogP contribution is 2.43. The molecule has 8 aliphatic heterocycles. The Kier molecular flexibility index (Phi) is 39.4. The second-order valence-corrected chi connectivity index (χ2v) is 31.3. The van der Waals surface area contributed by atoms with E-state index in [0.29, 0.717) is 0 Å². The van der Waals surface area contributed by atoms with Crippen LogP contribution < -0.4 is 10.6 Å². The van der Waals surface area contributed by atoms with Gasteiger partial charge in [0.25, 0.3) is 11.7 Å². The predicted octanol–water partition coefficient (Wildman–Crippen LogP) is -2.02. The lowest BCUT2D eigenvalue weighted by Crippen LogP contribution is -2.77. The highest BCUT2D eigenvalue weighted by atomic mass is 32.3. The summed E-state index contributed by atoms with van der Waals surface area (Å²) in [7, 11) is -5.53. The number of piperidine rings is 1. The van der Waals surface area contributed by atoms with Crippen molar-refractivity contribution in [1.82, 2.24) is 10.6 Å². The molecular weight excluding hydrogens is 1460 g/mol. The van der Waals surface area contributed by atoms with Crippen molar-refractivity contribution in [2.75, 3.05) is 39.6 Å². The molecular formula is C71H128N2O34S. The lowest BCUT2D eigenvalue weighted by atomic mass is 9.84. The second kappa shape index (κ2) is 45.8. The third-order valence-electron chi connectivity index (χ3n) is 21.7. The van der Waals surface area contributed by atoms with Crippen LogP contribution in [0.2, 0.25) is 0 Å². The number of hydrogen-bond donors (Lipinski definition) is 19. The number of rotatable bonds is 49. The molecule has 8 heterocycles. The molecule has 108 heavy (non-hydrogen) atoms. The van der Waals surface area contributed by atoms with Gasteiger partial charge >= 0.3 is 10.4 Å². The van der Waals surface area contributed by atoms with Gasteiger partial charge in [-0.25, -0.2) is 4.18 Å². The topological polar surface area (TPSA) is 556 Å². The van der Waals surface area contributed by atoms with Crippen molar-refractivity contribution in [3.05, 3.63) is 0 Å².